The van der Waals surface area contributed by atoms with E-state index in [1.54, 1.807) is 24.3 Å². The van der Waals surface area contributed by atoms with Crippen molar-refractivity contribution in [3.63, 3.8) is 0 Å². The SMILES string of the molecule is CCCCCC(NC(=O)c1ccccc1)C(=O)OCc1ccccc1. The van der Waals surface area contributed by atoms with Crippen molar-refractivity contribution in [2.24, 2.45) is 0 Å². The van der Waals surface area contributed by atoms with Gasteiger partial charge < -0.3 is 10.1 Å². The second kappa shape index (κ2) is 10.3. The fourth-order valence-electron chi connectivity index (χ4n) is 2.51. The van der Waals surface area contributed by atoms with Crippen molar-refractivity contribution in [2.45, 2.75) is 45.3 Å². The Morgan fingerprint density at radius 3 is 2.24 bits per heavy atom. The minimum absolute atomic E-state index is 0.213. The van der Waals surface area contributed by atoms with Gasteiger partial charge in [-0.25, -0.2) is 4.79 Å². The third kappa shape index (κ3) is 6.42. The summed E-state index contributed by atoms with van der Waals surface area (Å²) < 4.78 is 5.40. The van der Waals surface area contributed by atoms with Crippen LogP contribution in [0.1, 0.15) is 48.5 Å². The van der Waals surface area contributed by atoms with Gasteiger partial charge in [-0.05, 0) is 24.1 Å². The fraction of sp³-hybridized carbons (Fsp3) is 0.333. The van der Waals surface area contributed by atoms with Crippen molar-refractivity contribution in [1.82, 2.24) is 5.32 Å². The lowest BCUT2D eigenvalue weighted by molar-refractivity contribution is -0.147. The minimum Gasteiger partial charge on any atom is -0.459 e. The van der Waals surface area contributed by atoms with Crippen molar-refractivity contribution in [3.8, 4) is 0 Å². The van der Waals surface area contributed by atoms with Gasteiger partial charge in [0.1, 0.15) is 12.6 Å². The molecule has 0 aliphatic carbocycles. The van der Waals surface area contributed by atoms with Crippen LogP contribution in [0.25, 0.3) is 0 Å². The van der Waals surface area contributed by atoms with Gasteiger partial charge in [0.15, 0.2) is 0 Å². The number of carbonyl (C=O) groups excluding carboxylic acids is 2. The second-order valence-corrected chi connectivity index (χ2v) is 5.98. The highest BCUT2D eigenvalue weighted by Crippen LogP contribution is 2.09. The highest BCUT2D eigenvalue weighted by molar-refractivity contribution is 5.96. The number of amides is 1. The zero-order valence-corrected chi connectivity index (χ0v) is 14.6. The van der Waals surface area contributed by atoms with Crippen molar-refractivity contribution in [3.05, 3.63) is 71.8 Å². The number of benzene rings is 2. The first-order valence-electron chi connectivity index (χ1n) is 8.77. The molecular weight excluding hydrogens is 314 g/mol. The molecule has 1 atom stereocenters. The highest BCUT2D eigenvalue weighted by Gasteiger charge is 2.22. The van der Waals surface area contributed by atoms with Gasteiger partial charge in [0.2, 0.25) is 0 Å². The Labute approximate surface area is 149 Å². The van der Waals surface area contributed by atoms with Gasteiger partial charge in [-0.2, -0.15) is 0 Å². The van der Waals surface area contributed by atoms with Crippen LogP contribution in [0, 0.1) is 0 Å². The van der Waals surface area contributed by atoms with E-state index in [2.05, 4.69) is 12.2 Å². The molecule has 0 radical (unpaired) electrons. The van der Waals surface area contributed by atoms with Crippen molar-refractivity contribution >= 4 is 11.9 Å². The summed E-state index contributed by atoms with van der Waals surface area (Å²) in [6.45, 7) is 2.32. The first-order valence-corrected chi connectivity index (χ1v) is 8.77. The summed E-state index contributed by atoms with van der Waals surface area (Å²) in [6.07, 6.45) is 3.53. The van der Waals surface area contributed by atoms with Crippen molar-refractivity contribution in [1.29, 1.82) is 0 Å². The minimum atomic E-state index is -0.622. The molecule has 0 bridgehead atoms. The van der Waals surface area contributed by atoms with Gasteiger partial charge in [0.25, 0.3) is 5.91 Å². The van der Waals surface area contributed by atoms with Gasteiger partial charge in [0, 0.05) is 5.56 Å². The smallest absolute Gasteiger partial charge is 0.328 e. The summed E-state index contributed by atoms with van der Waals surface area (Å²) in [4.78, 5) is 24.8. The van der Waals surface area contributed by atoms with Crippen molar-refractivity contribution in [2.75, 3.05) is 0 Å². The molecular formula is C21H25NO3. The van der Waals surface area contributed by atoms with E-state index in [4.69, 9.17) is 4.74 Å². The molecule has 1 unspecified atom stereocenters. The van der Waals surface area contributed by atoms with E-state index < -0.39 is 6.04 Å². The summed E-state index contributed by atoms with van der Waals surface area (Å²) in [5.74, 6) is -0.636. The Bertz CT molecular complexity index is 655. The maximum atomic E-state index is 12.4. The molecule has 0 saturated heterocycles. The van der Waals surface area contributed by atoms with Gasteiger partial charge in [-0.3, -0.25) is 4.79 Å². The van der Waals surface area contributed by atoms with E-state index in [-0.39, 0.29) is 18.5 Å². The topological polar surface area (TPSA) is 55.4 Å². The third-order valence-electron chi connectivity index (χ3n) is 3.95. The van der Waals surface area contributed by atoms with E-state index in [9.17, 15) is 9.59 Å². The fourth-order valence-corrected chi connectivity index (χ4v) is 2.51. The molecule has 1 amide bonds. The van der Waals surface area contributed by atoms with Crippen LogP contribution in [0.5, 0.6) is 0 Å². The van der Waals surface area contributed by atoms with E-state index in [0.29, 0.717) is 12.0 Å². The van der Waals surface area contributed by atoms with Crippen molar-refractivity contribution < 1.29 is 14.3 Å². The van der Waals surface area contributed by atoms with E-state index >= 15 is 0 Å². The number of ether oxygens (including phenoxy) is 1. The van der Waals surface area contributed by atoms with E-state index in [1.807, 2.05) is 36.4 Å². The lowest BCUT2D eigenvalue weighted by Gasteiger charge is -2.18. The normalized spacial score (nSPS) is 11.6. The number of unbranched alkanes of at least 4 members (excludes halogenated alkanes) is 2. The number of hydrogen-bond donors (Lipinski definition) is 1. The van der Waals surface area contributed by atoms with Crippen LogP contribution in [-0.2, 0) is 16.1 Å². The molecule has 2 rings (SSSR count). The molecule has 25 heavy (non-hydrogen) atoms. The molecule has 0 saturated carbocycles. The maximum absolute atomic E-state index is 12.4. The quantitative estimate of drug-likeness (QED) is 0.552. The first-order chi connectivity index (χ1) is 12.2. The van der Waals surface area contributed by atoms with Crippen LogP contribution in [0.2, 0.25) is 0 Å². The molecule has 1 N–H and O–H groups in total. The summed E-state index contributed by atoms with van der Waals surface area (Å²) in [5.41, 5.74) is 1.47. The van der Waals surface area contributed by atoms with Crippen LogP contribution < -0.4 is 5.32 Å². The Morgan fingerprint density at radius 1 is 0.960 bits per heavy atom. The maximum Gasteiger partial charge on any atom is 0.328 e. The Morgan fingerprint density at radius 2 is 1.60 bits per heavy atom. The molecule has 132 valence electrons. The number of carbonyl (C=O) groups is 2. The zero-order chi connectivity index (χ0) is 17.9. The molecule has 0 aliphatic rings. The summed E-state index contributed by atoms with van der Waals surface area (Å²) in [6, 6.07) is 17.8. The monoisotopic (exact) mass is 339 g/mol. The molecule has 4 heteroatoms. The van der Waals surface area contributed by atoms with Gasteiger partial charge in [-0.15, -0.1) is 0 Å². The van der Waals surface area contributed by atoms with Gasteiger partial charge in [-0.1, -0.05) is 74.7 Å². The number of rotatable bonds is 9. The summed E-state index contributed by atoms with van der Waals surface area (Å²) in [7, 11) is 0. The largest absolute Gasteiger partial charge is 0.459 e. The highest BCUT2D eigenvalue weighted by atomic mass is 16.5. The molecule has 0 aromatic heterocycles. The Balaban J connectivity index is 1.96. The molecule has 4 nitrogen and oxygen atoms in total. The number of esters is 1. The van der Waals surface area contributed by atoms with Crippen LogP contribution in [0.3, 0.4) is 0 Å². The number of hydrogen-bond acceptors (Lipinski definition) is 3. The Kier molecular flexibility index (Phi) is 7.70. The first kappa shape index (κ1) is 18.7. The van der Waals surface area contributed by atoms with Gasteiger partial charge in [0.05, 0.1) is 0 Å². The second-order valence-electron chi connectivity index (χ2n) is 5.98. The van der Waals surface area contributed by atoms with E-state index in [0.717, 1.165) is 24.8 Å². The molecule has 0 heterocycles. The average Bonchev–Trinajstić information content (AvgIpc) is 2.67. The third-order valence-corrected chi connectivity index (χ3v) is 3.95. The predicted molar refractivity (Wildman–Crippen MR) is 98.1 cm³/mol. The lowest BCUT2D eigenvalue weighted by atomic mass is 10.1. The average molecular weight is 339 g/mol. The predicted octanol–water partition coefficient (Wildman–Crippen LogP) is 4.11. The zero-order valence-electron chi connectivity index (χ0n) is 14.6. The summed E-state index contributed by atoms with van der Waals surface area (Å²) in [5, 5.41) is 2.81. The van der Waals surface area contributed by atoms with Crippen LogP contribution in [-0.4, -0.2) is 17.9 Å². The van der Waals surface area contributed by atoms with Crippen LogP contribution in [0.15, 0.2) is 60.7 Å². The summed E-state index contributed by atoms with van der Waals surface area (Å²) >= 11 is 0. The Hall–Kier alpha value is -2.62. The molecule has 2 aromatic carbocycles. The number of nitrogens with one attached hydrogen (secondary N) is 1. The molecule has 0 fully saturated rings. The standard InChI is InChI=1S/C21H25NO3/c1-2-3-6-15-19(22-20(23)18-13-9-5-10-14-18)21(24)25-16-17-11-7-4-8-12-17/h4-5,7-14,19H,2-3,6,15-16H2,1H3,(H,22,23). The molecule has 0 aliphatic heterocycles. The van der Waals surface area contributed by atoms with Gasteiger partial charge >= 0.3 is 5.97 Å². The molecule has 0 spiro atoms. The van der Waals surface area contributed by atoms with Crippen LogP contribution >= 0.6 is 0 Å². The molecule has 2 aromatic rings. The van der Waals surface area contributed by atoms with Crippen LogP contribution in [0.4, 0.5) is 0 Å². The van der Waals surface area contributed by atoms with E-state index in [1.165, 1.54) is 0 Å². The lowest BCUT2D eigenvalue weighted by Crippen LogP contribution is -2.41.